The van der Waals surface area contributed by atoms with Gasteiger partial charge in [-0.3, -0.25) is 0 Å². The first kappa shape index (κ1) is 28.0. The Bertz CT molecular complexity index is 640. The van der Waals surface area contributed by atoms with E-state index in [0.717, 1.165) is 31.2 Å². The lowest BCUT2D eigenvalue weighted by Crippen LogP contribution is -2.14. The molecular formula is C27H48O3S. The van der Waals surface area contributed by atoms with Crippen molar-refractivity contribution in [3.8, 4) is 5.75 Å². The van der Waals surface area contributed by atoms with E-state index in [4.69, 9.17) is 4.18 Å². The molecule has 0 fully saturated rings. The molecule has 0 unspecified atom stereocenters. The number of benzene rings is 1. The molecule has 1 rings (SSSR count). The van der Waals surface area contributed by atoms with Crippen LogP contribution < -0.4 is 4.18 Å². The topological polar surface area (TPSA) is 43.4 Å². The van der Waals surface area contributed by atoms with Crippen LogP contribution in [-0.4, -0.2) is 14.2 Å². The van der Waals surface area contributed by atoms with Crippen LogP contribution in [0.4, 0.5) is 0 Å². The second kappa shape index (κ2) is 18.5. The number of para-hydroxylation sites is 1. The highest BCUT2D eigenvalue weighted by molar-refractivity contribution is 7.87. The number of rotatable bonds is 21. The Morgan fingerprint density at radius 2 is 1.06 bits per heavy atom. The summed E-state index contributed by atoms with van der Waals surface area (Å²) in [7, 11) is -3.51. The van der Waals surface area contributed by atoms with Crippen LogP contribution in [0.25, 0.3) is 0 Å². The zero-order valence-electron chi connectivity index (χ0n) is 20.4. The largest absolute Gasteiger partial charge is 0.382 e. The van der Waals surface area contributed by atoms with Gasteiger partial charge in [0.25, 0.3) is 0 Å². The van der Waals surface area contributed by atoms with E-state index in [2.05, 4.69) is 13.8 Å². The van der Waals surface area contributed by atoms with Gasteiger partial charge in [0.1, 0.15) is 5.75 Å². The van der Waals surface area contributed by atoms with E-state index in [0.29, 0.717) is 12.2 Å². The summed E-state index contributed by atoms with van der Waals surface area (Å²) in [6.45, 7) is 4.48. The van der Waals surface area contributed by atoms with Gasteiger partial charge in [-0.15, -0.1) is 0 Å². The minimum Gasteiger partial charge on any atom is -0.382 e. The molecule has 0 heterocycles. The molecule has 0 aliphatic heterocycles. The van der Waals surface area contributed by atoms with Crippen LogP contribution in [0.1, 0.15) is 129 Å². The molecular weight excluding hydrogens is 404 g/mol. The smallest absolute Gasteiger partial charge is 0.309 e. The fraction of sp³-hybridized carbons (Fsp3) is 0.778. The van der Waals surface area contributed by atoms with Crippen LogP contribution in [-0.2, 0) is 16.5 Å². The Labute approximate surface area is 193 Å². The molecule has 1 aromatic rings. The normalized spacial score (nSPS) is 11.7. The first-order valence-corrected chi connectivity index (χ1v) is 14.7. The highest BCUT2D eigenvalue weighted by Crippen LogP contribution is 2.23. The van der Waals surface area contributed by atoms with Crippen molar-refractivity contribution >= 4 is 10.1 Å². The standard InChI is InChI=1S/C27H48O3S/c1-3-5-7-9-11-12-13-15-17-21-25-31(28,29)30-27-24-20-19-23-26(27)22-18-16-14-10-8-6-4-2/h19-20,23-24H,3-18,21-22,25H2,1-2H3. The third kappa shape index (κ3) is 15.4. The monoisotopic (exact) mass is 452 g/mol. The molecule has 4 heteroatoms. The van der Waals surface area contributed by atoms with Crippen LogP contribution in [0.5, 0.6) is 5.75 Å². The van der Waals surface area contributed by atoms with Crippen LogP contribution >= 0.6 is 0 Å². The predicted molar refractivity (Wildman–Crippen MR) is 134 cm³/mol. The first-order valence-electron chi connectivity index (χ1n) is 13.1. The lowest BCUT2D eigenvalue weighted by atomic mass is 10.0. The van der Waals surface area contributed by atoms with Gasteiger partial charge in [-0.2, -0.15) is 8.42 Å². The summed E-state index contributed by atoms with van der Waals surface area (Å²) >= 11 is 0. The van der Waals surface area contributed by atoms with Crippen molar-refractivity contribution in [2.45, 2.75) is 129 Å². The predicted octanol–water partition coefficient (Wildman–Crippen LogP) is 8.61. The minimum atomic E-state index is -3.51. The molecule has 0 radical (unpaired) electrons. The second-order valence-corrected chi connectivity index (χ2v) is 10.7. The van der Waals surface area contributed by atoms with Gasteiger partial charge >= 0.3 is 10.1 Å². The van der Waals surface area contributed by atoms with E-state index >= 15 is 0 Å². The highest BCUT2D eigenvalue weighted by Gasteiger charge is 2.15. The summed E-state index contributed by atoms with van der Waals surface area (Å²) < 4.78 is 30.4. The Morgan fingerprint density at radius 1 is 0.613 bits per heavy atom. The van der Waals surface area contributed by atoms with E-state index in [1.54, 1.807) is 6.07 Å². The van der Waals surface area contributed by atoms with E-state index in [1.807, 2.05) is 18.2 Å². The lowest BCUT2D eigenvalue weighted by Gasteiger charge is -2.11. The molecule has 3 nitrogen and oxygen atoms in total. The minimum absolute atomic E-state index is 0.120. The van der Waals surface area contributed by atoms with E-state index < -0.39 is 10.1 Å². The second-order valence-electron chi connectivity index (χ2n) is 9.01. The Hall–Kier alpha value is -1.03. The molecule has 0 saturated carbocycles. The molecule has 0 aliphatic carbocycles. The molecule has 1 aromatic carbocycles. The Balaban J connectivity index is 2.23. The van der Waals surface area contributed by atoms with Crippen molar-refractivity contribution in [2.24, 2.45) is 0 Å². The third-order valence-electron chi connectivity index (χ3n) is 5.99. The maximum Gasteiger partial charge on any atom is 0.309 e. The van der Waals surface area contributed by atoms with Crippen LogP contribution in [0.15, 0.2) is 24.3 Å². The van der Waals surface area contributed by atoms with Gasteiger partial charge in [-0.1, -0.05) is 128 Å². The number of aryl methyl sites for hydroxylation is 1. The van der Waals surface area contributed by atoms with E-state index in [9.17, 15) is 8.42 Å². The number of hydrogen-bond donors (Lipinski definition) is 0. The summed E-state index contributed by atoms with van der Waals surface area (Å²) in [5.41, 5.74) is 1.02. The quantitative estimate of drug-likeness (QED) is 0.138. The molecule has 0 aromatic heterocycles. The molecule has 0 bridgehead atoms. The Kier molecular flexibility index (Phi) is 16.7. The van der Waals surface area contributed by atoms with Gasteiger partial charge in [0.2, 0.25) is 0 Å². The Morgan fingerprint density at radius 3 is 1.61 bits per heavy atom. The molecule has 180 valence electrons. The molecule has 0 atom stereocenters. The van der Waals surface area contributed by atoms with Gasteiger partial charge in [0.15, 0.2) is 0 Å². The molecule has 0 N–H and O–H groups in total. The molecule has 0 amide bonds. The van der Waals surface area contributed by atoms with Gasteiger partial charge in [-0.25, -0.2) is 0 Å². The fourth-order valence-electron chi connectivity index (χ4n) is 4.01. The van der Waals surface area contributed by atoms with Crippen molar-refractivity contribution in [1.29, 1.82) is 0 Å². The fourth-order valence-corrected chi connectivity index (χ4v) is 5.09. The van der Waals surface area contributed by atoms with Crippen molar-refractivity contribution in [1.82, 2.24) is 0 Å². The van der Waals surface area contributed by atoms with Crippen LogP contribution in [0.3, 0.4) is 0 Å². The maximum atomic E-state index is 12.4. The van der Waals surface area contributed by atoms with Gasteiger partial charge in [0.05, 0.1) is 5.75 Å². The van der Waals surface area contributed by atoms with Crippen LogP contribution in [0.2, 0.25) is 0 Å². The average molecular weight is 453 g/mol. The SMILES string of the molecule is CCCCCCCCCCCCS(=O)(=O)Oc1ccccc1CCCCCCCCC. The van der Waals surface area contributed by atoms with E-state index in [-0.39, 0.29) is 5.75 Å². The first-order chi connectivity index (χ1) is 15.1. The average Bonchev–Trinajstić information content (AvgIpc) is 2.75. The summed E-state index contributed by atoms with van der Waals surface area (Å²) in [5, 5.41) is 0. The van der Waals surface area contributed by atoms with Gasteiger partial charge < -0.3 is 4.18 Å². The van der Waals surface area contributed by atoms with Gasteiger partial charge in [0, 0.05) is 0 Å². The molecule has 0 spiro atoms. The van der Waals surface area contributed by atoms with Gasteiger partial charge in [-0.05, 0) is 30.9 Å². The summed E-state index contributed by atoms with van der Waals surface area (Å²) in [4.78, 5) is 0. The van der Waals surface area contributed by atoms with Crippen molar-refractivity contribution in [3.05, 3.63) is 29.8 Å². The van der Waals surface area contributed by atoms with Crippen molar-refractivity contribution in [2.75, 3.05) is 5.75 Å². The third-order valence-corrected chi connectivity index (χ3v) is 7.21. The van der Waals surface area contributed by atoms with Crippen LogP contribution in [0, 0.1) is 0 Å². The molecule has 31 heavy (non-hydrogen) atoms. The molecule has 0 saturated heterocycles. The maximum absolute atomic E-state index is 12.4. The summed E-state index contributed by atoms with van der Waals surface area (Å²) in [5.74, 6) is 0.649. The summed E-state index contributed by atoms with van der Waals surface area (Å²) in [6, 6.07) is 7.63. The van der Waals surface area contributed by atoms with Crippen molar-refractivity contribution < 1.29 is 12.6 Å². The lowest BCUT2D eigenvalue weighted by molar-refractivity contribution is 0.477. The molecule has 0 aliphatic rings. The zero-order valence-corrected chi connectivity index (χ0v) is 21.2. The highest BCUT2D eigenvalue weighted by atomic mass is 32.2. The van der Waals surface area contributed by atoms with E-state index in [1.165, 1.54) is 83.5 Å². The van der Waals surface area contributed by atoms with Crippen molar-refractivity contribution in [3.63, 3.8) is 0 Å². The zero-order chi connectivity index (χ0) is 22.6. The number of unbranched alkanes of at least 4 members (excludes halogenated alkanes) is 15. The number of hydrogen-bond acceptors (Lipinski definition) is 3. The summed E-state index contributed by atoms with van der Waals surface area (Å²) in [6.07, 6.45) is 21.6.